The lowest BCUT2D eigenvalue weighted by Gasteiger charge is -2.18. The molecule has 3 rings (SSSR count). The Morgan fingerprint density at radius 2 is 2.50 bits per heavy atom. The Morgan fingerprint density at radius 1 is 1.56 bits per heavy atom. The van der Waals surface area contributed by atoms with Gasteiger partial charge in [0.1, 0.15) is 11.4 Å². The third-order valence-corrected chi connectivity index (χ3v) is 3.17. The SMILES string of the molecule is O=C1OC2(CCNC2)CN1Cc1ccco1. The van der Waals surface area contributed by atoms with Crippen LogP contribution >= 0.6 is 0 Å². The van der Waals surface area contributed by atoms with Gasteiger partial charge in [-0.1, -0.05) is 0 Å². The van der Waals surface area contributed by atoms with E-state index in [1.807, 2.05) is 12.1 Å². The highest BCUT2D eigenvalue weighted by molar-refractivity contribution is 5.70. The fourth-order valence-corrected chi connectivity index (χ4v) is 2.35. The first-order valence-electron chi connectivity index (χ1n) is 5.48. The van der Waals surface area contributed by atoms with Crippen LogP contribution in [0.1, 0.15) is 12.2 Å². The van der Waals surface area contributed by atoms with Gasteiger partial charge in [-0.05, 0) is 18.7 Å². The van der Waals surface area contributed by atoms with Gasteiger partial charge in [0.15, 0.2) is 0 Å². The maximum Gasteiger partial charge on any atom is 0.410 e. The minimum absolute atomic E-state index is 0.236. The normalized spacial score (nSPS) is 29.0. The van der Waals surface area contributed by atoms with Gasteiger partial charge in [0.05, 0.1) is 19.4 Å². The Hall–Kier alpha value is -1.49. The molecule has 1 aromatic rings. The van der Waals surface area contributed by atoms with Crippen molar-refractivity contribution >= 4 is 6.09 Å². The second-order valence-electron chi connectivity index (χ2n) is 4.41. The van der Waals surface area contributed by atoms with Gasteiger partial charge < -0.3 is 14.5 Å². The van der Waals surface area contributed by atoms with Gasteiger partial charge in [0.25, 0.3) is 0 Å². The third kappa shape index (κ3) is 1.57. The van der Waals surface area contributed by atoms with E-state index in [0.717, 1.165) is 25.3 Å². The quantitative estimate of drug-likeness (QED) is 0.810. The molecule has 86 valence electrons. The number of rotatable bonds is 2. The summed E-state index contributed by atoms with van der Waals surface area (Å²) in [6, 6.07) is 3.69. The average Bonchev–Trinajstić information content (AvgIpc) is 2.93. The Labute approximate surface area is 93.4 Å². The first-order chi connectivity index (χ1) is 7.77. The van der Waals surface area contributed by atoms with Crippen molar-refractivity contribution in [1.29, 1.82) is 0 Å². The van der Waals surface area contributed by atoms with Crippen molar-refractivity contribution in [3.8, 4) is 0 Å². The van der Waals surface area contributed by atoms with Crippen molar-refractivity contribution in [1.82, 2.24) is 10.2 Å². The van der Waals surface area contributed by atoms with Crippen LogP contribution in [0.3, 0.4) is 0 Å². The molecule has 0 aliphatic carbocycles. The van der Waals surface area contributed by atoms with Crippen LogP contribution in [0.4, 0.5) is 4.79 Å². The van der Waals surface area contributed by atoms with Gasteiger partial charge in [0.2, 0.25) is 0 Å². The van der Waals surface area contributed by atoms with E-state index in [9.17, 15) is 4.79 Å². The predicted octanol–water partition coefficient (Wildman–Crippen LogP) is 0.964. The van der Waals surface area contributed by atoms with E-state index in [4.69, 9.17) is 9.15 Å². The number of ether oxygens (including phenoxy) is 1. The molecule has 0 bridgehead atoms. The van der Waals surface area contributed by atoms with Gasteiger partial charge in [0, 0.05) is 13.0 Å². The topological polar surface area (TPSA) is 54.7 Å². The molecule has 2 aliphatic rings. The summed E-state index contributed by atoms with van der Waals surface area (Å²) in [5, 5.41) is 3.23. The van der Waals surface area contributed by atoms with Gasteiger partial charge in [-0.2, -0.15) is 0 Å². The van der Waals surface area contributed by atoms with E-state index in [1.165, 1.54) is 0 Å². The zero-order valence-corrected chi connectivity index (χ0v) is 8.94. The standard InChI is InChI=1S/C11H14N2O3/c14-10-13(6-9-2-1-5-15-9)8-11(16-10)3-4-12-7-11/h1-2,5,12H,3-4,6-8H2. The highest BCUT2D eigenvalue weighted by atomic mass is 16.6. The van der Waals surface area contributed by atoms with E-state index in [1.54, 1.807) is 11.2 Å². The van der Waals surface area contributed by atoms with Crippen molar-refractivity contribution in [3.05, 3.63) is 24.2 Å². The van der Waals surface area contributed by atoms with Crippen LogP contribution in [0.2, 0.25) is 0 Å². The summed E-state index contributed by atoms with van der Waals surface area (Å²) >= 11 is 0. The summed E-state index contributed by atoms with van der Waals surface area (Å²) in [6.45, 7) is 2.82. The smallest absolute Gasteiger partial charge is 0.410 e. The summed E-state index contributed by atoms with van der Waals surface area (Å²) in [6.07, 6.45) is 2.27. The molecule has 1 atom stereocenters. The average molecular weight is 222 g/mol. The van der Waals surface area contributed by atoms with Crippen LogP contribution < -0.4 is 5.32 Å². The van der Waals surface area contributed by atoms with Crippen LogP contribution in [0.5, 0.6) is 0 Å². The number of carbonyl (C=O) groups excluding carboxylic acids is 1. The van der Waals surface area contributed by atoms with E-state index in [2.05, 4.69) is 5.32 Å². The van der Waals surface area contributed by atoms with Crippen molar-refractivity contribution in [2.45, 2.75) is 18.6 Å². The summed E-state index contributed by atoms with van der Waals surface area (Å²) in [5.74, 6) is 0.792. The molecule has 16 heavy (non-hydrogen) atoms. The van der Waals surface area contributed by atoms with Crippen LogP contribution in [0, 0.1) is 0 Å². The van der Waals surface area contributed by atoms with E-state index in [-0.39, 0.29) is 11.7 Å². The fourth-order valence-electron chi connectivity index (χ4n) is 2.35. The first-order valence-corrected chi connectivity index (χ1v) is 5.48. The van der Waals surface area contributed by atoms with Crippen LogP contribution in [-0.4, -0.2) is 36.2 Å². The minimum atomic E-state index is -0.302. The molecular weight excluding hydrogens is 208 g/mol. The molecule has 5 heteroatoms. The van der Waals surface area contributed by atoms with E-state index < -0.39 is 0 Å². The van der Waals surface area contributed by atoms with Crippen molar-refractivity contribution < 1.29 is 13.9 Å². The lowest BCUT2D eigenvalue weighted by molar-refractivity contribution is 0.0727. The second-order valence-corrected chi connectivity index (χ2v) is 4.41. The van der Waals surface area contributed by atoms with Gasteiger partial charge in [-0.25, -0.2) is 4.79 Å². The molecule has 0 saturated carbocycles. The zero-order valence-electron chi connectivity index (χ0n) is 8.94. The maximum absolute atomic E-state index is 11.7. The van der Waals surface area contributed by atoms with Gasteiger partial charge in [-0.3, -0.25) is 4.90 Å². The zero-order chi connectivity index (χ0) is 11.0. The third-order valence-electron chi connectivity index (χ3n) is 3.17. The molecule has 1 spiro atoms. The molecule has 1 amide bonds. The number of carbonyl (C=O) groups is 1. The second kappa shape index (κ2) is 3.52. The molecule has 1 unspecified atom stereocenters. The number of hydrogen-bond donors (Lipinski definition) is 1. The largest absolute Gasteiger partial charge is 0.467 e. The highest BCUT2D eigenvalue weighted by Gasteiger charge is 2.47. The molecule has 1 aromatic heterocycles. The number of furan rings is 1. The van der Waals surface area contributed by atoms with Crippen LogP contribution in [0.25, 0.3) is 0 Å². The van der Waals surface area contributed by atoms with Crippen LogP contribution in [0.15, 0.2) is 22.8 Å². The molecule has 3 heterocycles. The molecule has 0 aromatic carbocycles. The highest BCUT2D eigenvalue weighted by Crippen LogP contribution is 2.29. The number of nitrogens with one attached hydrogen (secondary N) is 1. The van der Waals surface area contributed by atoms with Crippen molar-refractivity contribution in [2.75, 3.05) is 19.6 Å². The Morgan fingerprint density at radius 3 is 3.19 bits per heavy atom. The Balaban J connectivity index is 1.71. The molecule has 1 N–H and O–H groups in total. The van der Waals surface area contributed by atoms with E-state index >= 15 is 0 Å². The van der Waals surface area contributed by atoms with Crippen LogP contribution in [-0.2, 0) is 11.3 Å². The first kappa shape index (κ1) is 9.72. The van der Waals surface area contributed by atoms with Crippen molar-refractivity contribution in [3.63, 3.8) is 0 Å². The number of nitrogens with zero attached hydrogens (tertiary/aromatic N) is 1. The van der Waals surface area contributed by atoms with Crippen molar-refractivity contribution in [2.24, 2.45) is 0 Å². The molecule has 0 radical (unpaired) electrons. The Kier molecular flexibility index (Phi) is 2.14. The minimum Gasteiger partial charge on any atom is -0.467 e. The lowest BCUT2D eigenvalue weighted by Crippen LogP contribution is -2.36. The summed E-state index contributed by atoms with van der Waals surface area (Å²) < 4.78 is 10.7. The molecule has 2 fully saturated rings. The molecular formula is C11H14N2O3. The summed E-state index contributed by atoms with van der Waals surface area (Å²) in [4.78, 5) is 13.4. The number of amides is 1. The summed E-state index contributed by atoms with van der Waals surface area (Å²) in [7, 11) is 0. The Bertz CT molecular complexity index is 382. The maximum atomic E-state index is 11.7. The molecule has 2 aliphatic heterocycles. The number of hydrogen-bond acceptors (Lipinski definition) is 4. The van der Waals surface area contributed by atoms with Gasteiger partial charge in [-0.15, -0.1) is 0 Å². The van der Waals surface area contributed by atoms with Gasteiger partial charge >= 0.3 is 6.09 Å². The monoisotopic (exact) mass is 222 g/mol. The lowest BCUT2D eigenvalue weighted by atomic mass is 10.0. The molecule has 2 saturated heterocycles. The predicted molar refractivity (Wildman–Crippen MR) is 55.8 cm³/mol. The fraction of sp³-hybridized carbons (Fsp3) is 0.545. The van der Waals surface area contributed by atoms with E-state index in [0.29, 0.717) is 13.1 Å². The molecule has 5 nitrogen and oxygen atoms in total. The summed E-state index contributed by atoms with van der Waals surface area (Å²) in [5.41, 5.74) is -0.302.